The molecule has 0 aliphatic heterocycles. The van der Waals surface area contributed by atoms with Crippen LogP contribution in [0.3, 0.4) is 0 Å². The second-order valence-electron chi connectivity index (χ2n) is 9.34. The number of halogens is 2. The van der Waals surface area contributed by atoms with Crippen molar-refractivity contribution in [1.29, 1.82) is 0 Å². The van der Waals surface area contributed by atoms with E-state index in [2.05, 4.69) is 41.5 Å². The Labute approximate surface area is 229 Å². The molecule has 34 heavy (non-hydrogen) atoms. The molecule has 0 aromatic carbocycles. The first-order valence-electron chi connectivity index (χ1n) is 14.4. The summed E-state index contributed by atoms with van der Waals surface area (Å²) in [5.74, 6) is 0.347. The minimum absolute atomic E-state index is 0. The highest BCUT2D eigenvalue weighted by molar-refractivity contribution is 7.75. The van der Waals surface area contributed by atoms with E-state index < -0.39 is 7.26 Å². The molecular formula is C28H64Cl2O2P2. The van der Waals surface area contributed by atoms with Crippen molar-refractivity contribution in [2.24, 2.45) is 0 Å². The molecule has 0 aromatic heterocycles. The third-order valence-electron chi connectivity index (χ3n) is 6.10. The van der Waals surface area contributed by atoms with Crippen LogP contribution in [0.15, 0.2) is 0 Å². The molecular weight excluding hydrogens is 501 g/mol. The van der Waals surface area contributed by atoms with Gasteiger partial charge in [0.05, 0.1) is 37.9 Å². The van der Waals surface area contributed by atoms with E-state index in [0.29, 0.717) is 20.4 Å². The SMILES string of the molecule is CCCCP(CCCC)CCCC.CCCC[P+](CCO)(CCCC)CCCC.OCCCl.[Cl-]. The zero-order chi connectivity index (χ0) is 25.6. The van der Waals surface area contributed by atoms with Gasteiger partial charge in [-0.1, -0.05) is 80.1 Å². The van der Waals surface area contributed by atoms with Crippen LogP contribution in [0.5, 0.6) is 0 Å². The molecule has 0 saturated heterocycles. The van der Waals surface area contributed by atoms with Gasteiger partial charge in [-0.3, -0.25) is 0 Å². The van der Waals surface area contributed by atoms with Crippen LogP contribution in [0.25, 0.3) is 0 Å². The molecule has 0 saturated carbocycles. The Kier molecular flexibility index (Phi) is 45.6. The Hall–Kier alpha value is 1.36. The number of alkyl halides is 1. The summed E-state index contributed by atoms with van der Waals surface area (Å²) >= 11 is 4.94. The third kappa shape index (κ3) is 31.4. The van der Waals surface area contributed by atoms with Crippen molar-refractivity contribution < 1.29 is 22.6 Å². The molecule has 0 aromatic rings. The van der Waals surface area contributed by atoms with Crippen LogP contribution >= 0.6 is 26.8 Å². The maximum atomic E-state index is 9.33. The average Bonchev–Trinajstić information content (AvgIpc) is 2.85. The first-order chi connectivity index (χ1) is 16.0. The van der Waals surface area contributed by atoms with E-state index in [9.17, 15) is 5.11 Å². The second kappa shape index (κ2) is 36.5. The monoisotopic (exact) mass is 564 g/mol. The van der Waals surface area contributed by atoms with Crippen LogP contribution < -0.4 is 12.4 Å². The fraction of sp³-hybridized carbons (Fsp3) is 1.00. The zero-order valence-electron chi connectivity index (χ0n) is 24.1. The lowest BCUT2D eigenvalue weighted by atomic mass is 10.4. The molecule has 0 unspecified atom stereocenters. The standard InChI is InChI=1S/C14H32OP.C12H27P.C2H5ClO.ClH/c1-4-7-11-16(14-10-15,12-8-5-2)13-9-6-3;1-4-7-10-13(11-8-5-2)12-9-6-3;3-1-2-4;/h15H,4-14H2,1-3H3;4-12H2,1-3H3;4H,1-2H2;1H/q+1;;;/p-1. The number of unbranched alkanes of at least 4 members (excludes halogenated alkanes) is 6. The Morgan fingerprint density at radius 2 is 0.824 bits per heavy atom. The highest BCUT2D eigenvalue weighted by atomic mass is 35.5. The van der Waals surface area contributed by atoms with Crippen LogP contribution in [0, 0.1) is 0 Å². The fourth-order valence-electron chi connectivity index (χ4n) is 3.84. The van der Waals surface area contributed by atoms with Crippen LogP contribution in [0.1, 0.15) is 119 Å². The molecule has 212 valence electrons. The summed E-state index contributed by atoms with van der Waals surface area (Å²) in [5, 5.41) is 17.1. The largest absolute Gasteiger partial charge is 1.00 e. The van der Waals surface area contributed by atoms with E-state index in [1.165, 1.54) is 95.5 Å². The molecule has 2 N–H and O–H groups in total. The number of hydrogen-bond acceptors (Lipinski definition) is 2. The van der Waals surface area contributed by atoms with Crippen molar-refractivity contribution in [3.05, 3.63) is 0 Å². The molecule has 0 fully saturated rings. The van der Waals surface area contributed by atoms with Crippen molar-refractivity contribution in [2.75, 3.05) is 62.2 Å². The van der Waals surface area contributed by atoms with Crippen molar-refractivity contribution in [2.45, 2.75) is 119 Å². The summed E-state index contributed by atoms with van der Waals surface area (Å²) < 4.78 is 0. The number of aliphatic hydroxyl groups excluding tert-OH is 2. The number of rotatable bonds is 21. The molecule has 0 spiro atoms. The fourth-order valence-corrected chi connectivity index (χ4v) is 11.5. The molecule has 6 heteroatoms. The lowest BCUT2D eigenvalue weighted by molar-refractivity contribution is -0.00000976. The lowest BCUT2D eigenvalue weighted by Crippen LogP contribution is -3.00. The number of aliphatic hydroxyl groups is 2. The van der Waals surface area contributed by atoms with Gasteiger partial charge in [-0.05, 0) is 57.0 Å². The topological polar surface area (TPSA) is 40.5 Å². The smallest absolute Gasteiger partial charge is 0.0825 e. The van der Waals surface area contributed by atoms with E-state index in [-0.39, 0.29) is 19.0 Å². The number of hydrogen-bond donors (Lipinski definition) is 2. The van der Waals surface area contributed by atoms with Crippen LogP contribution in [0.2, 0.25) is 0 Å². The van der Waals surface area contributed by atoms with Gasteiger partial charge in [0.1, 0.15) is 0 Å². The quantitative estimate of drug-likeness (QED) is 0.123. The molecule has 0 atom stereocenters. The Morgan fingerprint density at radius 3 is 1.03 bits per heavy atom. The zero-order valence-corrected chi connectivity index (χ0v) is 27.4. The summed E-state index contributed by atoms with van der Waals surface area (Å²) in [5.41, 5.74) is 0. The van der Waals surface area contributed by atoms with E-state index in [4.69, 9.17) is 16.7 Å². The Balaban J connectivity index is -0.000000226. The van der Waals surface area contributed by atoms with E-state index >= 15 is 0 Å². The molecule has 0 aliphatic rings. The molecule has 0 heterocycles. The van der Waals surface area contributed by atoms with Gasteiger partial charge in [0, 0.05) is 13.1 Å². The van der Waals surface area contributed by atoms with E-state index in [1.807, 2.05) is 0 Å². The summed E-state index contributed by atoms with van der Waals surface area (Å²) in [6.07, 6.45) is 26.7. The maximum Gasteiger partial charge on any atom is 0.0825 e. The molecule has 2 nitrogen and oxygen atoms in total. The van der Waals surface area contributed by atoms with Crippen LogP contribution in [-0.4, -0.2) is 72.4 Å². The first-order valence-corrected chi connectivity index (χ1v) is 19.3. The maximum absolute atomic E-state index is 9.33. The molecule has 0 amide bonds. The average molecular weight is 566 g/mol. The highest BCUT2D eigenvalue weighted by Crippen LogP contribution is 2.60. The van der Waals surface area contributed by atoms with Gasteiger partial charge >= 0.3 is 0 Å². The van der Waals surface area contributed by atoms with Crippen molar-refractivity contribution in [3.8, 4) is 0 Å². The van der Waals surface area contributed by atoms with Gasteiger partial charge < -0.3 is 22.6 Å². The lowest BCUT2D eigenvalue weighted by Gasteiger charge is -2.27. The molecule has 0 aliphatic carbocycles. The van der Waals surface area contributed by atoms with Gasteiger partial charge in [-0.15, -0.1) is 19.5 Å². The van der Waals surface area contributed by atoms with Crippen molar-refractivity contribution in [1.82, 2.24) is 0 Å². The summed E-state index contributed by atoms with van der Waals surface area (Å²) in [4.78, 5) is 0. The van der Waals surface area contributed by atoms with Gasteiger partial charge in [0.15, 0.2) is 0 Å². The molecule has 0 radical (unpaired) electrons. The van der Waals surface area contributed by atoms with Crippen LogP contribution in [0.4, 0.5) is 0 Å². The van der Waals surface area contributed by atoms with Crippen LogP contribution in [-0.2, 0) is 0 Å². The molecule has 0 bridgehead atoms. The van der Waals surface area contributed by atoms with Crippen molar-refractivity contribution in [3.63, 3.8) is 0 Å². The first kappa shape index (κ1) is 42.4. The minimum atomic E-state index is -0.796. The van der Waals surface area contributed by atoms with Gasteiger partial charge in [0.25, 0.3) is 0 Å². The van der Waals surface area contributed by atoms with Gasteiger partial charge in [-0.2, -0.15) is 0 Å². The van der Waals surface area contributed by atoms with Gasteiger partial charge in [-0.25, -0.2) is 0 Å². The summed E-state index contributed by atoms with van der Waals surface area (Å²) in [6.45, 7) is 14.3. The Morgan fingerprint density at radius 1 is 0.529 bits per heavy atom. The summed E-state index contributed by atoms with van der Waals surface area (Å²) in [7, 11) is -0.374. The molecule has 0 rings (SSSR count). The highest BCUT2D eigenvalue weighted by Gasteiger charge is 2.34. The summed E-state index contributed by atoms with van der Waals surface area (Å²) in [6, 6.07) is 0. The van der Waals surface area contributed by atoms with Gasteiger partial charge in [0.2, 0.25) is 0 Å². The third-order valence-corrected chi connectivity index (χ3v) is 14.1. The predicted molar refractivity (Wildman–Crippen MR) is 162 cm³/mol. The predicted octanol–water partition coefficient (Wildman–Crippen LogP) is 6.49. The second-order valence-corrected chi connectivity index (χ2v) is 16.9. The van der Waals surface area contributed by atoms with E-state index in [1.54, 1.807) is 18.5 Å². The minimum Gasteiger partial charge on any atom is -1.00 e. The van der Waals surface area contributed by atoms with E-state index in [0.717, 1.165) is 6.16 Å². The Bertz CT molecular complexity index is 295. The normalized spacial score (nSPS) is 10.8. The van der Waals surface area contributed by atoms with Crippen molar-refractivity contribution >= 4 is 26.8 Å².